The van der Waals surface area contributed by atoms with Crippen LogP contribution < -0.4 is 0 Å². The number of aliphatic hydroxyl groups is 5. The molecule has 0 spiro atoms. The van der Waals surface area contributed by atoms with Gasteiger partial charge in [-0.1, -0.05) is 155 Å². The number of carbonyl (C=O) groups excluding carboxylic acids is 2. The number of phosphoric ester groups is 1. The first-order valence-corrected chi connectivity index (χ1v) is 22.3. The van der Waals surface area contributed by atoms with Gasteiger partial charge in [0.15, 0.2) is 6.10 Å². The summed E-state index contributed by atoms with van der Waals surface area (Å²) < 4.78 is 33.3. The van der Waals surface area contributed by atoms with Gasteiger partial charge in [-0.05, 0) is 12.8 Å². The minimum atomic E-state index is -5.10. The smallest absolute Gasteiger partial charge is 0.462 e. The summed E-state index contributed by atoms with van der Waals surface area (Å²) in [4.78, 5) is 35.4. The van der Waals surface area contributed by atoms with Crippen molar-refractivity contribution in [3.8, 4) is 0 Å². The van der Waals surface area contributed by atoms with Crippen LogP contribution in [0.3, 0.4) is 0 Å². The van der Waals surface area contributed by atoms with Crippen LogP contribution >= 0.6 is 7.82 Å². The van der Waals surface area contributed by atoms with Gasteiger partial charge < -0.3 is 39.9 Å². The van der Waals surface area contributed by atoms with Crippen LogP contribution in [-0.2, 0) is 32.7 Å². The zero-order chi connectivity index (χ0) is 39.3. The third-order valence-corrected chi connectivity index (χ3v) is 10.9. The summed E-state index contributed by atoms with van der Waals surface area (Å²) in [6.07, 6.45) is 14.9. The average molecular weight is 783 g/mol. The fourth-order valence-corrected chi connectivity index (χ4v) is 7.50. The Morgan fingerprint density at radius 3 is 1.25 bits per heavy atom. The van der Waals surface area contributed by atoms with Crippen LogP contribution in [0.4, 0.5) is 0 Å². The zero-order valence-electron chi connectivity index (χ0n) is 32.8. The molecule has 0 saturated heterocycles. The van der Waals surface area contributed by atoms with Crippen molar-refractivity contribution in [1.29, 1.82) is 0 Å². The molecule has 1 saturated carbocycles. The quantitative estimate of drug-likeness (QED) is 0.0222. The number of rotatable bonds is 34. The summed E-state index contributed by atoms with van der Waals surface area (Å²) >= 11 is 0. The van der Waals surface area contributed by atoms with E-state index in [1.54, 1.807) is 0 Å². The van der Waals surface area contributed by atoms with E-state index in [2.05, 4.69) is 13.8 Å². The van der Waals surface area contributed by atoms with Crippen molar-refractivity contribution in [3.05, 3.63) is 0 Å². The molecule has 314 valence electrons. The number of esters is 2. The molecule has 14 heteroatoms. The van der Waals surface area contributed by atoms with Gasteiger partial charge in [0.1, 0.15) is 43.2 Å². The molecule has 13 nitrogen and oxygen atoms in total. The fourth-order valence-electron chi connectivity index (χ4n) is 6.52. The van der Waals surface area contributed by atoms with Gasteiger partial charge in [-0.25, -0.2) is 4.57 Å². The Balaban J connectivity index is 2.41. The van der Waals surface area contributed by atoms with Crippen molar-refractivity contribution in [2.75, 3.05) is 13.2 Å². The minimum Gasteiger partial charge on any atom is -0.462 e. The Morgan fingerprint density at radius 2 is 0.849 bits per heavy atom. The number of hydrogen-bond donors (Lipinski definition) is 6. The first-order valence-electron chi connectivity index (χ1n) is 20.8. The third-order valence-electron chi connectivity index (χ3n) is 9.95. The molecule has 0 aromatic heterocycles. The second-order valence-electron chi connectivity index (χ2n) is 14.9. The Hall–Kier alpha value is -1.15. The van der Waals surface area contributed by atoms with Crippen LogP contribution in [0.15, 0.2) is 0 Å². The number of aliphatic hydroxyl groups excluding tert-OH is 5. The largest absolute Gasteiger partial charge is 0.472 e. The van der Waals surface area contributed by atoms with E-state index in [4.69, 9.17) is 18.5 Å². The maximum Gasteiger partial charge on any atom is 0.472 e. The molecule has 6 N–H and O–H groups in total. The van der Waals surface area contributed by atoms with Crippen molar-refractivity contribution < 1.29 is 63.1 Å². The highest BCUT2D eigenvalue weighted by Crippen LogP contribution is 2.47. The number of carbonyl (C=O) groups is 2. The maximum atomic E-state index is 12.7. The molecule has 1 fully saturated rings. The monoisotopic (exact) mass is 782 g/mol. The molecular formula is C39H75O13P. The standard InChI is InChI=1S/C39H75O13P/c1-3-5-7-9-11-12-13-14-15-16-17-18-19-20-22-23-25-27-32(40)49-29-31(51-33(41)28-26-24-21-10-8-6-4-2)30-50-53(47,48)52-39-37(45)35(43)34(42)36(44)38(39)46/h31,34-39,42-46H,3-30H2,1-2H3,(H,47,48)/t31-,34?,35-,36?,37?,38?,39?/m0/s1. The zero-order valence-corrected chi connectivity index (χ0v) is 33.7. The van der Waals surface area contributed by atoms with Crippen molar-refractivity contribution >= 4 is 19.8 Å². The minimum absolute atomic E-state index is 0.101. The van der Waals surface area contributed by atoms with Gasteiger partial charge in [0, 0.05) is 12.8 Å². The number of unbranched alkanes of at least 4 members (excludes halogenated alkanes) is 22. The van der Waals surface area contributed by atoms with Crippen LogP contribution in [0.5, 0.6) is 0 Å². The molecule has 0 aromatic rings. The lowest BCUT2D eigenvalue weighted by atomic mass is 9.85. The summed E-state index contributed by atoms with van der Waals surface area (Å²) in [5.74, 6) is -1.10. The van der Waals surface area contributed by atoms with Gasteiger partial charge in [-0.15, -0.1) is 0 Å². The summed E-state index contributed by atoms with van der Waals surface area (Å²) in [6, 6.07) is 0. The third kappa shape index (κ3) is 24.2. The van der Waals surface area contributed by atoms with E-state index in [1.807, 2.05) is 0 Å². The van der Waals surface area contributed by atoms with E-state index in [0.29, 0.717) is 12.8 Å². The molecule has 0 aliphatic heterocycles. The van der Waals surface area contributed by atoms with E-state index in [1.165, 1.54) is 89.9 Å². The fraction of sp³-hybridized carbons (Fsp3) is 0.949. The summed E-state index contributed by atoms with van der Waals surface area (Å²) in [7, 11) is -5.10. The number of hydrogen-bond acceptors (Lipinski definition) is 12. The molecule has 1 aliphatic rings. The predicted octanol–water partition coefficient (Wildman–Crippen LogP) is 6.94. The molecule has 1 rings (SSSR count). The maximum absolute atomic E-state index is 12.7. The molecule has 0 heterocycles. The first-order chi connectivity index (χ1) is 25.4. The average Bonchev–Trinajstić information content (AvgIpc) is 3.13. The molecule has 0 amide bonds. The normalized spacial score (nSPS) is 23.4. The van der Waals surface area contributed by atoms with Crippen LogP contribution in [0.1, 0.15) is 181 Å². The van der Waals surface area contributed by atoms with Crippen molar-refractivity contribution in [2.45, 2.75) is 224 Å². The van der Waals surface area contributed by atoms with Crippen LogP contribution in [0.25, 0.3) is 0 Å². The predicted molar refractivity (Wildman–Crippen MR) is 203 cm³/mol. The highest BCUT2D eigenvalue weighted by atomic mass is 31.2. The van der Waals surface area contributed by atoms with E-state index in [0.717, 1.165) is 51.4 Å². The van der Waals surface area contributed by atoms with E-state index < -0.39 is 75.7 Å². The number of phosphoric acid groups is 1. The molecule has 0 aromatic carbocycles. The molecule has 8 atom stereocenters. The van der Waals surface area contributed by atoms with Gasteiger partial charge in [0.05, 0.1) is 6.61 Å². The van der Waals surface area contributed by atoms with Crippen molar-refractivity contribution in [1.82, 2.24) is 0 Å². The van der Waals surface area contributed by atoms with E-state index in [-0.39, 0.29) is 12.8 Å². The van der Waals surface area contributed by atoms with Gasteiger partial charge in [0.2, 0.25) is 0 Å². The lowest BCUT2D eigenvalue weighted by Gasteiger charge is -2.41. The molecule has 0 radical (unpaired) electrons. The number of ether oxygens (including phenoxy) is 2. The van der Waals surface area contributed by atoms with Crippen LogP contribution in [0, 0.1) is 0 Å². The van der Waals surface area contributed by atoms with Crippen LogP contribution in [-0.4, -0.2) is 98.3 Å². The van der Waals surface area contributed by atoms with Crippen molar-refractivity contribution in [3.63, 3.8) is 0 Å². The van der Waals surface area contributed by atoms with Gasteiger partial charge >= 0.3 is 19.8 Å². The second-order valence-corrected chi connectivity index (χ2v) is 16.3. The highest BCUT2D eigenvalue weighted by molar-refractivity contribution is 7.47. The van der Waals surface area contributed by atoms with Gasteiger partial charge in [-0.2, -0.15) is 0 Å². The molecule has 6 unspecified atom stereocenters. The highest BCUT2D eigenvalue weighted by Gasteiger charge is 2.51. The topological polar surface area (TPSA) is 210 Å². The van der Waals surface area contributed by atoms with E-state index in [9.17, 15) is 44.6 Å². The van der Waals surface area contributed by atoms with E-state index >= 15 is 0 Å². The summed E-state index contributed by atoms with van der Waals surface area (Å²) in [6.45, 7) is 3.23. The SMILES string of the molecule is CCCCCCCCCCCCCCCCCCCC(=O)OC[C@@H](COP(=O)(O)OC1C(O)C(O)C(O)[C@H](O)C1O)OC(=O)CCCCCCCCC. The van der Waals surface area contributed by atoms with Gasteiger partial charge in [-0.3, -0.25) is 18.6 Å². The Bertz CT molecular complexity index is 954. The van der Waals surface area contributed by atoms with Crippen molar-refractivity contribution in [2.24, 2.45) is 0 Å². The Kier molecular flexibility index (Phi) is 29.2. The summed E-state index contributed by atoms with van der Waals surface area (Å²) in [5, 5.41) is 49.9. The first kappa shape index (κ1) is 49.9. The lowest BCUT2D eigenvalue weighted by Crippen LogP contribution is -2.64. The molecule has 1 aliphatic carbocycles. The molecular weight excluding hydrogens is 707 g/mol. The Labute approximate surface area is 319 Å². The molecule has 0 bridgehead atoms. The van der Waals surface area contributed by atoms with Crippen LogP contribution in [0.2, 0.25) is 0 Å². The Morgan fingerprint density at radius 1 is 0.509 bits per heavy atom. The lowest BCUT2D eigenvalue weighted by molar-refractivity contribution is -0.220. The summed E-state index contributed by atoms with van der Waals surface area (Å²) in [5.41, 5.74) is 0. The van der Waals surface area contributed by atoms with Gasteiger partial charge in [0.25, 0.3) is 0 Å². The second kappa shape index (κ2) is 31.0. The molecule has 53 heavy (non-hydrogen) atoms.